The molecule has 2 unspecified atom stereocenters. The molecule has 1 aliphatic rings. The highest BCUT2D eigenvalue weighted by molar-refractivity contribution is 5.79. The number of likely N-dealkylation sites (N-methyl/N-ethyl adjacent to an activating group) is 1. The molecule has 1 fully saturated rings. The van der Waals surface area contributed by atoms with E-state index in [0.29, 0.717) is 0 Å². The zero-order valence-electron chi connectivity index (χ0n) is 9.16. The van der Waals surface area contributed by atoms with Gasteiger partial charge in [0.1, 0.15) is 6.10 Å². The standard InChI is InChI=1S/C10H19NO3/c1-8(10(12)11(2)3)14-9-6-4-5-7-13-9/h8-9H,4-7H2,1-3H3. The van der Waals surface area contributed by atoms with E-state index in [4.69, 9.17) is 9.47 Å². The molecular formula is C10H19NO3. The Hall–Kier alpha value is -0.610. The van der Waals surface area contributed by atoms with Gasteiger partial charge < -0.3 is 14.4 Å². The zero-order chi connectivity index (χ0) is 10.6. The van der Waals surface area contributed by atoms with Gasteiger partial charge in [-0.1, -0.05) is 0 Å². The second-order valence-electron chi connectivity index (χ2n) is 3.81. The lowest BCUT2D eigenvalue weighted by atomic mass is 10.2. The summed E-state index contributed by atoms with van der Waals surface area (Å²) >= 11 is 0. The molecule has 1 aliphatic heterocycles. The third-order valence-corrected chi connectivity index (χ3v) is 2.28. The Bertz CT molecular complexity index is 188. The number of nitrogens with zero attached hydrogens (tertiary/aromatic N) is 1. The molecular weight excluding hydrogens is 182 g/mol. The minimum absolute atomic E-state index is 0.0147. The highest BCUT2D eigenvalue weighted by Gasteiger charge is 2.22. The molecule has 0 saturated carbocycles. The predicted octanol–water partition coefficient (Wildman–Crippen LogP) is 1.01. The molecule has 0 spiro atoms. The van der Waals surface area contributed by atoms with Gasteiger partial charge in [-0.05, 0) is 26.2 Å². The fourth-order valence-electron chi connectivity index (χ4n) is 1.47. The monoisotopic (exact) mass is 201 g/mol. The number of rotatable bonds is 3. The summed E-state index contributed by atoms with van der Waals surface area (Å²) in [6, 6.07) is 0. The number of hydrogen-bond acceptors (Lipinski definition) is 3. The number of amides is 1. The van der Waals surface area contributed by atoms with Crippen LogP contribution >= 0.6 is 0 Å². The molecule has 0 N–H and O–H groups in total. The number of carbonyl (C=O) groups is 1. The summed E-state index contributed by atoms with van der Waals surface area (Å²) < 4.78 is 10.9. The van der Waals surface area contributed by atoms with Gasteiger partial charge in [-0.3, -0.25) is 4.79 Å². The molecule has 2 atom stereocenters. The topological polar surface area (TPSA) is 38.8 Å². The molecule has 0 aromatic carbocycles. The van der Waals surface area contributed by atoms with Crippen LogP contribution in [0.3, 0.4) is 0 Å². The van der Waals surface area contributed by atoms with Crippen molar-refractivity contribution in [2.45, 2.75) is 38.6 Å². The van der Waals surface area contributed by atoms with Crippen molar-refractivity contribution in [3.05, 3.63) is 0 Å². The summed E-state index contributed by atoms with van der Waals surface area (Å²) in [5.74, 6) is -0.0147. The Labute approximate surface area is 85.2 Å². The second kappa shape index (κ2) is 5.32. The van der Waals surface area contributed by atoms with E-state index in [1.807, 2.05) is 0 Å². The largest absolute Gasteiger partial charge is 0.353 e. The molecule has 4 nitrogen and oxygen atoms in total. The van der Waals surface area contributed by atoms with E-state index in [0.717, 1.165) is 25.9 Å². The van der Waals surface area contributed by atoms with Crippen LogP contribution in [0.15, 0.2) is 0 Å². The minimum Gasteiger partial charge on any atom is -0.353 e. The van der Waals surface area contributed by atoms with Crippen LogP contribution in [0.4, 0.5) is 0 Å². The van der Waals surface area contributed by atoms with Gasteiger partial charge in [0.2, 0.25) is 0 Å². The van der Waals surface area contributed by atoms with Crippen LogP contribution in [-0.2, 0) is 14.3 Å². The summed E-state index contributed by atoms with van der Waals surface area (Å²) in [4.78, 5) is 13.0. The first-order valence-corrected chi connectivity index (χ1v) is 5.09. The fraction of sp³-hybridized carbons (Fsp3) is 0.900. The van der Waals surface area contributed by atoms with Crippen LogP contribution in [0.1, 0.15) is 26.2 Å². The SMILES string of the molecule is CC(OC1CCCCO1)C(=O)N(C)C. The van der Waals surface area contributed by atoms with E-state index >= 15 is 0 Å². The smallest absolute Gasteiger partial charge is 0.251 e. The lowest BCUT2D eigenvalue weighted by Crippen LogP contribution is -2.37. The first kappa shape index (κ1) is 11.5. The van der Waals surface area contributed by atoms with Crippen molar-refractivity contribution >= 4 is 5.91 Å². The molecule has 1 saturated heterocycles. The van der Waals surface area contributed by atoms with Crippen LogP contribution in [0.2, 0.25) is 0 Å². The molecule has 1 rings (SSSR count). The Kier molecular flexibility index (Phi) is 4.35. The molecule has 0 aromatic rings. The van der Waals surface area contributed by atoms with E-state index in [2.05, 4.69) is 0 Å². The molecule has 4 heteroatoms. The average molecular weight is 201 g/mol. The highest BCUT2D eigenvalue weighted by atomic mass is 16.7. The Morgan fingerprint density at radius 1 is 1.50 bits per heavy atom. The van der Waals surface area contributed by atoms with Gasteiger partial charge in [-0.15, -0.1) is 0 Å². The maximum absolute atomic E-state index is 11.5. The summed E-state index contributed by atoms with van der Waals surface area (Å²) in [6.45, 7) is 2.51. The minimum atomic E-state index is -0.409. The average Bonchev–Trinajstić information content (AvgIpc) is 2.18. The van der Waals surface area contributed by atoms with Crippen molar-refractivity contribution < 1.29 is 14.3 Å². The summed E-state index contributed by atoms with van der Waals surface area (Å²) in [6.07, 6.45) is 2.50. The third kappa shape index (κ3) is 3.27. The van der Waals surface area contributed by atoms with E-state index in [1.165, 1.54) is 4.90 Å². The molecule has 1 heterocycles. The lowest BCUT2D eigenvalue weighted by Gasteiger charge is -2.26. The maximum Gasteiger partial charge on any atom is 0.251 e. The molecule has 0 bridgehead atoms. The van der Waals surface area contributed by atoms with Gasteiger partial charge in [0.05, 0.1) is 0 Å². The van der Waals surface area contributed by atoms with Gasteiger partial charge in [0.25, 0.3) is 5.91 Å². The summed E-state index contributed by atoms with van der Waals surface area (Å²) in [5, 5.41) is 0. The van der Waals surface area contributed by atoms with Crippen LogP contribution in [0, 0.1) is 0 Å². The third-order valence-electron chi connectivity index (χ3n) is 2.28. The first-order chi connectivity index (χ1) is 6.61. The van der Waals surface area contributed by atoms with Crippen LogP contribution in [0.5, 0.6) is 0 Å². The first-order valence-electron chi connectivity index (χ1n) is 5.09. The van der Waals surface area contributed by atoms with Gasteiger partial charge in [-0.2, -0.15) is 0 Å². The van der Waals surface area contributed by atoms with Crippen molar-refractivity contribution in [2.24, 2.45) is 0 Å². The summed E-state index contributed by atoms with van der Waals surface area (Å²) in [7, 11) is 3.45. The molecule has 82 valence electrons. The van der Waals surface area contributed by atoms with Gasteiger partial charge >= 0.3 is 0 Å². The number of hydrogen-bond donors (Lipinski definition) is 0. The van der Waals surface area contributed by atoms with E-state index in [9.17, 15) is 4.79 Å². The molecule has 1 amide bonds. The van der Waals surface area contributed by atoms with E-state index < -0.39 is 6.10 Å². The molecule has 14 heavy (non-hydrogen) atoms. The van der Waals surface area contributed by atoms with E-state index in [-0.39, 0.29) is 12.2 Å². The van der Waals surface area contributed by atoms with Crippen molar-refractivity contribution in [2.75, 3.05) is 20.7 Å². The van der Waals surface area contributed by atoms with Crippen LogP contribution in [0.25, 0.3) is 0 Å². The quantitative estimate of drug-likeness (QED) is 0.684. The lowest BCUT2D eigenvalue weighted by molar-refractivity contribution is -0.192. The number of carbonyl (C=O) groups excluding carboxylic acids is 1. The van der Waals surface area contributed by atoms with Crippen LogP contribution in [-0.4, -0.2) is 43.9 Å². The van der Waals surface area contributed by atoms with Gasteiger partial charge in [-0.25, -0.2) is 0 Å². The summed E-state index contributed by atoms with van der Waals surface area (Å²) in [5.41, 5.74) is 0. The van der Waals surface area contributed by atoms with Gasteiger partial charge in [0, 0.05) is 20.7 Å². The molecule has 0 radical (unpaired) electrons. The second-order valence-corrected chi connectivity index (χ2v) is 3.81. The van der Waals surface area contributed by atoms with Crippen molar-refractivity contribution in [3.63, 3.8) is 0 Å². The fourth-order valence-corrected chi connectivity index (χ4v) is 1.47. The van der Waals surface area contributed by atoms with Gasteiger partial charge in [0.15, 0.2) is 6.29 Å². The highest BCUT2D eigenvalue weighted by Crippen LogP contribution is 2.15. The molecule has 0 aliphatic carbocycles. The Morgan fingerprint density at radius 3 is 2.71 bits per heavy atom. The Balaban J connectivity index is 2.31. The van der Waals surface area contributed by atoms with Crippen molar-refractivity contribution in [3.8, 4) is 0 Å². The maximum atomic E-state index is 11.5. The van der Waals surface area contributed by atoms with Crippen LogP contribution < -0.4 is 0 Å². The van der Waals surface area contributed by atoms with Crippen molar-refractivity contribution in [1.82, 2.24) is 4.90 Å². The molecule has 0 aromatic heterocycles. The van der Waals surface area contributed by atoms with E-state index in [1.54, 1.807) is 21.0 Å². The predicted molar refractivity (Wildman–Crippen MR) is 52.8 cm³/mol. The normalized spacial score (nSPS) is 24.4. The Morgan fingerprint density at radius 2 is 2.21 bits per heavy atom. The number of ether oxygens (including phenoxy) is 2. The van der Waals surface area contributed by atoms with Crippen molar-refractivity contribution in [1.29, 1.82) is 0 Å². The zero-order valence-corrected chi connectivity index (χ0v) is 9.16.